The van der Waals surface area contributed by atoms with Crippen molar-refractivity contribution in [2.45, 2.75) is 33.2 Å². The summed E-state index contributed by atoms with van der Waals surface area (Å²) < 4.78 is 3.43. The predicted octanol–water partition coefficient (Wildman–Crippen LogP) is 2.28. The first-order valence-electron chi connectivity index (χ1n) is 10.5. The van der Waals surface area contributed by atoms with Gasteiger partial charge in [0.15, 0.2) is 0 Å². The zero-order valence-electron chi connectivity index (χ0n) is 17.6. The smallest absolute Gasteiger partial charge is 0.266 e. The zero-order chi connectivity index (χ0) is 21.4. The van der Waals surface area contributed by atoms with Gasteiger partial charge in [0.1, 0.15) is 12.1 Å². The second-order valence-corrected chi connectivity index (χ2v) is 8.02. The molecule has 0 aliphatic carbocycles. The highest BCUT2D eigenvalue weighted by molar-refractivity contribution is 5.57. The van der Waals surface area contributed by atoms with E-state index in [0.717, 1.165) is 54.3 Å². The first-order valence-corrected chi connectivity index (χ1v) is 10.5. The van der Waals surface area contributed by atoms with E-state index in [1.165, 1.54) is 0 Å². The van der Waals surface area contributed by atoms with E-state index in [2.05, 4.69) is 37.0 Å². The molecule has 0 aromatic carbocycles. The van der Waals surface area contributed by atoms with Crippen LogP contribution in [0.1, 0.15) is 24.1 Å². The van der Waals surface area contributed by atoms with Crippen LogP contribution in [-0.4, -0.2) is 47.4 Å². The van der Waals surface area contributed by atoms with Crippen LogP contribution in [0, 0.1) is 19.8 Å². The zero-order valence-corrected chi connectivity index (χ0v) is 17.6. The number of aromatic nitrogens is 7. The van der Waals surface area contributed by atoms with Crippen LogP contribution < -0.4 is 10.5 Å². The Kier molecular flexibility index (Phi) is 4.93. The maximum Gasteiger partial charge on any atom is 0.266 e. The number of hydrogen-bond acceptors (Lipinski definition) is 7. The van der Waals surface area contributed by atoms with Crippen LogP contribution in [0.15, 0.2) is 47.8 Å². The van der Waals surface area contributed by atoms with Crippen molar-refractivity contribution >= 4 is 11.6 Å². The molecule has 9 heteroatoms. The summed E-state index contributed by atoms with van der Waals surface area (Å²) in [6, 6.07) is 7.18. The Morgan fingerprint density at radius 3 is 2.61 bits per heavy atom. The van der Waals surface area contributed by atoms with Crippen LogP contribution >= 0.6 is 0 Å². The van der Waals surface area contributed by atoms with E-state index in [0.29, 0.717) is 18.2 Å². The maximum atomic E-state index is 12.4. The van der Waals surface area contributed by atoms with E-state index in [-0.39, 0.29) is 5.56 Å². The Morgan fingerprint density at radius 2 is 1.84 bits per heavy atom. The maximum absolute atomic E-state index is 12.4. The van der Waals surface area contributed by atoms with Gasteiger partial charge in [0, 0.05) is 54.9 Å². The van der Waals surface area contributed by atoms with E-state index in [1.807, 2.05) is 23.6 Å². The summed E-state index contributed by atoms with van der Waals surface area (Å²) in [7, 11) is 0. The number of rotatable bonds is 4. The first kappa shape index (κ1) is 19.3. The molecule has 1 aliphatic rings. The minimum atomic E-state index is -0.0647. The third-order valence-electron chi connectivity index (χ3n) is 6.06. The Bertz CT molecular complexity index is 1270. The molecule has 0 spiro atoms. The van der Waals surface area contributed by atoms with Gasteiger partial charge in [-0.25, -0.2) is 9.67 Å². The minimum Gasteiger partial charge on any atom is -0.356 e. The Labute approximate surface area is 179 Å². The molecule has 0 radical (unpaired) electrons. The fraction of sp³-hybridized carbons (Fsp3) is 0.364. The van der Waals surface area contributed by atoms with Gasteiger partial charge in [-0.1, -0.05) is 0 Å². The summed E-state index contributed by atoms with van der Waals surface area (Å²) >= 11 is 0. The molecule has 158 valence electrons. The van der Waals surface area contributed by atoms with Crippen LogP contribution in [0.25, 0.3) is 17.0 Å². The molecule has 0 unspecified atom stereocenters. The van der Waals surface area contributed by atoms with Crippen LogP contribution in [0.2, 0.25) is 0 Å². The Morgan fingerprint density at radius 1 is 1.06 bits per heavy atom. The van der Waals surface area contributed by atoms with Crippen molar-refractivity contribution in [3.63, 3.8) is 0 Å². The fourth-order valence-corrected chi connectivity index (χ4v) is 4.21. The number of hydrogen-bond donors (Lipinski definition) is 0. The summed E-state index contributed by atoms with van der Waals surface area (Å²) in [5.74, 6) is 2.08. The normalized spacial score (nSPS) is 15.0. The minimum absolute atomic E-state index is 0.0647. The van der Waals surface area contributed by atoms with E-state index in [9.17, 15) is 4.79 Å². The van der Waals surface area contributed by atoms with Crippen LogP contribution in [0.4, 0.5) is 5.82 Å². The van der Waals surface area contributed by atoms with Gasteiger partial charge in [-0.05, 0) is 50.8 Å². The van der Waals surface area contributed by atoms with Gasteiger partial charge < -0.3 is 4.90 Å². The monoisotopic (exact) mass is 416 g/mol. The molecule has 0 saturated carbocycles. The van der Waals surface area contributed by atoms with E-state index in [4.69, 9.17) is 0 Å². The van der Waals surface area contributed by atoms with Crippen molar-refractivity contribution in [3.05, 3.63) is 64.6 Å². The predicted molar refractivity (Wildman–Crippen MR) is 117 cm³/mol. The standard InChI is InChI=1S/C22H24N8O/c1-15-16(2)26-22-24-14-25-30(22)21(15)28-11-7-17(8-12-28)13-29-20(31)4-3-19(27-29)18-5-9-23-10-6-18/h3-6,9-10,14,17H,7-8,11-13H2,1-2H3. The van der Waals surface area contributed by atoms with Crippen molar-refractivity contribution in [2.75, 3.05) is 18.0 Å². The molecule has 0 atom stereocenters. The molecule has 5 heterocycles. The molecule has 1 saturated heterocycles. The highest BCUT2D eigenvalue weighted by Crippen LogP contribution is 2.28. The van der Waals surface area contributed by atoms with Gasteiger partial charge in [-0.15, -0.1) is 0 Å². The SMILES string of the molecule is Cc1nc2ncnn2c(N2CCC(Cn3nc(-c4ccncc4)ccc3=O)CC2)c1C. The van der Waals surface area contributed by atoms with Crippen molar-refractivity contribution in [1.29, 1.82) is 0 Å². The molecule has 4 aromatic rings. The third-order valence-corrected chi connectivity index (χ3v) is 6.06. The van der Waals surface area contributed by atoms with E-state index in [1.54, 1.807) is 35.5 Å². The lowest BCUT2D eigenvalue weighted by molar-refractivity contribution is 0.334. The molecule has 31 heavy (non-hydrogen) atoms. The van der Waals surface area contributed by atoms with Crippen molar-refractivity contribution < 1.29 is 0 Å². The molecule has 0 N–H and O–H groups in total. The molecule has 1 aliphatic heterocycles. The van der Waals surface area contributed by atoms with Gasteiger partial charge in [0.25, 0.3) is 11.3 Å². The number of fused-ring (bicyclic) bond motifs is 1. The summed E-state index contributed by atoms with van der Waals surface area (Å²) in [4.78, 5) is 27.6. The summed E-state index contributed by atoms with van der Waals surface area (Å²) in [6.07, 6.45) is 6.97. The lowest BCUT2D eigenvalue weighted by Crippen LogP contribution is -2.38. The Balaban J connectivity index is 1.33. The number of piperidine rings is 1. The van der Waals surface area contributed by atoms with Crippen LogP contribution in [-0.2, 0) is 6.54 Å². The molecular weight excluding hydrogens is 392 g/mol. The number of pyridine rings is 1. The lowest BCUT2D eigenvalue weighted by Gasteiger charge is -2.34. The summed E-state index contributed by atoms with van der Waals surface area (Å²) in [5.41, 5.74) is 3.78. The largest absolute Gasteiger partial charge is 0.356 e. The molecule has 0 bridgehead atoms. The van der Waals surface area contributed by atoms with Crippen molar-refractivity contribution in [3.8, 4) is 11.3 Å². The van der Waals surface area contributed by atoms with Crippen LogP contribution in [0.5, 0.6) is 0 Å². The fourth-order valence-electron chi connectivity index (χ4n) is 4.21. The van der Waals surface area contributed by atoms with Crippen molar-refractivity contribution in [2.24, 2.45) is 5.92 Å². The number of nitrogens with zero attached hydrogens (tertiary/aromatic N) is 8. The van der Waals surface area contributed by atoms with Gasteiger partial charge >= 0.3 is 0 Å². The van der Waals surface area contributed by atoms with Gasteiger partial charge in [-0.3, -0.25) is 9.78 Å². The molecule has 0 amide bonds. The molecule has 9 nitrogen and oxygen atoms in total. The van der Waals surface area contributed by atoms with Gasteiger partial charge in [0.05, 0.1) is 5.69 Å². The average molecular weight is 416 g/mol. The van der Waals surface area contributed by atoms with Crippen molar-refractivity contribution in [1.82, 2.24) is 34.3 Å². The number of aryl methyl sites for hydroxylation is 1. The number of anilines is 1. The van der Waals surface area contributed by atoms with E-state index < -0.39 is 0 Å². The molecule has 5 rings (SSSR count). The topological polar surface area (TPSA) is 94.1 Å². The quantitative estimate of drug-likeness (QED) is 0.504. The summed E-state index contributed by atoms with van der Waals surface area (Å²) in [5, 5.41) is 8.98. The highest BCUT2D eigenvalue weighted by atomic mass is 16.1. The third kappa shape index (κ3) is 3.67. The summed E-state index contributed by atoms with van der Waals surface area (Å²) in [6.45, 7) is 6.50. The Hall–Kier alpha value is -3.62. The highest BCUT2D eigenvalue weighted by Gasteiger charge is 2.24. The molecule has 4 aromatic heterocycles. The van der Waals surface area contributed by atoms with Crippen LogP contribution in [0.3, 0.4) is 0 Å². The second kappa shape index (κ2) is 7.90. The first-order chi connectivity index (χ1) is 15.1. The van der Waals surface area contributed by atoms with Gasteiger partial charge in [0.2, 0.25) is 0 Å². The molecular formula is C22H24N8O. The van der Waals surface area contributed by atoms with E-state index >= 15 is 0 Å². The average Bonchev–Trinajstić information content (AvgIpc) is 3.25. The second-order valence-electron chi connectivity index (χ2n) is 8.02. The van der Waals surface area contributed by atoms with Gasteiger partial charge in [-0.2, -0.15) is 19.7 Å². The lowest BCUT2D eigenvalue weighted by atomic mass is 9.96. The molecule has 1 fully saturated rings.